The molecule has 0 radical (unpaired) electrons. The highest BCUT2D eigenvalue weighted by atomic mass is 35.5. The highest BCUT2D eigenvalue weighted by Gasteiger charge is 2.05. The van der Waals surface area contributed by atoms with Crippen molar-refractivity contribution in [3.05, 3.63) is 17.5 Å². The van der Waals surface area contributed by atoms with Gasteiger partial charge >= 0.3 is 0 Å². The molecule has 0 fully saturated rings. The van der Waals surface area contributed by atoms with Gasteiger partial charge in [0, 0.05) is 12.3 Å². The van der Waals surface area contributed by atoms with Gasteiger partial charge in [-0.3, -0.25) is 0 Å². The minimum absolute atomic E-state index is 0.183. The summed E-state index contributed by atoms with van der Waals surface area (Å²) in [5.74, 6) is 0.558. The first-order valence-electron chi connectivity index (χ1n) is 5.87. The number of ether oxygens (including phenoxy) is 1. The van der Waals surface area contributed by atoms with Crippen molar-refractivity contribution in [2.24, 2.45) is 0 Å². The SMILES string of the molecule is CCCCCCC(C)Oc1ccnc(Cl)n1. The van der Waals surface area contributed by atoms with Crippen molar-refractivity contribution in [3.63, 3.8) is 0 Å². The molecule has 90 valence electrons. The molecule has 1 heterocycles. The maximum absolute atomic E-state index is 5.67. The Balaban J connectivity index is 2.25. The zero-order valence-electron chi connectivity index (χ0n) is 9.95. The Hall–Kier alpha value is -0.830. The molecule has 0 saturated heterocycles. The number of hydrogen-bond donors (Lipinski definition) is 0. The Bertz CT molecular complexity index is 307. The van der Waals surface area contributed by atoms with E-state index < -0.39 is 0 Å². The second kappa shape index (κ2) is 7.44. The van der Waals surface area contributed by atoms with E-state index in [4.69, 9.17) is 16.3 Å². The third-order valence-electron chi connectivity index (χ3n) is 2.39. The van der Waals surface area contributed by atoms with E-state index in [1.165, 1.54) is 25.7 Å². The van der Waals surface area contributed by atoms with Gasteiger partial charge in [0.2, 0.25) is 11.2 Å². The summed E-state index contributed by atoms with van der Waals surface area (Å²) < 4.78 is 5.64. The lowest BCUT2D eigenvalue weighted by atomic mass is 10.1. The van der Waals surface area contributed by atoms with Crippen LogP contribution < -0.4 is 4.74 Å². The number of aromatic nitrogens is 2. The van der Waals surface area contributed by atoms with Crippen LogP contribution in [0.1, 0.15) is 46.0 Å². The van der Waals surface area contributed by atoms with Gasteiger partial charge in [-0.1, -0.05) is 26.2 Å². The monoisotopic (exact) mass is 242 g/mol. The molecule has 0 saturated carbocycles. The predicted molar refractivity (Wildman–Crippen MR) is 65.9 cm³/mol. The maximum atomic E-state index is 5.67. The minimum Gasteiger partial charge on any atom is -0.475 e. The maximum Gasteiger partial charge on any atom is 0.225 e. The fourth-order valence-corrected chi connectivity index (χ4v) is 1.65. The zero-order valence-corrected chi connectivity index (χ0v) is 10.7. The van der Waals surface area contributed by atoms with Gasteiger partial charge in [-0.2, -0.15) is 4.98 Å². The number of unbranched alkanes of at least 4 members (excludes halogenated alkanes) is 3. The van der Waals surface area contributed by atoms with Gasteiger partial charge in [-0.05, 0) is 31.4 Å². The van der Waals surface area contributed by atoms with E-state index in [-0.39, 0.29) is 11.4 Å². The van der Waals surface area contributed by atoms with Crippen molar-refractivity contribution >= 4 is 11.6 Å². The summed E-state index contributed by atoms with van der Waals surface area (Å²) >= 11 is 5.67. The van der Waals surface area contributed by atoms with Gasteiger partial charge in [-0.25, -0.2) is 4.98 Å². The third kappa shape index (κ3) is 5.31. The predicted octanol–water partition coefficient (Wildman–Crippen LogP) is 3.87. The molecular weight excluding hydrogens is 224 g/mol. The van der Waals surface area contributed by atoms with Crippen molar-refractivity contribution in [2.45, 2.75) is 52.1 Å². The summed E-state index contributed by atoms with van der Waals surface area (Å²) in [5.41, 5.74) is 0. The van der Waals surface area contributed by atoms with E-state index in [0.717, 1.165) is 6.42 Å². The Morgan fingerprint density at radius 1 is 1.38 bits per heavy atom. The molecule has 1 aromatic heterocycles. The van der Waals surface area contributed by atoms with Crippen LogP contribution in [0.3, 0.4) is 0 Å². The Morgan fingerprint density at radius 3 is 2.88 bits per heavy atom. The van der Waals surface area contributed by atoms with Gasteiger partial charge in [0.05, 0.1) is 6.10 Å². The van der Waals surface area contributed by atoms with Crippen molar-refractivity contribution in [3.8, 4) is 5.88 Å². The zero-order chi connectivity index (χ0) is 11.8. The molecule has 0 bridgehead atoms. The number of nitrogens with zero attached hydrogens (tertiary/aromatic N) is 2. The summed E-state index contributed by atoms with van der Waals surface area (Å²) in [6.07, 6.45) is 7.88. The first-order valence-corrected chi connectivity index (χ1v) is 6.25. The summed E-state index contributed by atoms with van der Waals surface area (Å²) in [4.78, 5) is 7.80. The third-order valence-corrected chi connectivity index (χ3v) is 2.57. The minimum atomic E-state index is 0.183. The van der Waals surface area contributed by atoms with Crippen LogP contribution in [-0.2, 0) is 0 Å². The Labute approximate surface area is 102 Å². The quantitative estimate of drug-likeness (QED) is 0.538. The second-order valence-corrected chi connectivity index (χ2v) is 4.28. The van der Waals surface area contributed by atoms with Crippen LogP contribution in [0.5, 0.6) is 5.88 Å². The molecule has 3 nitrogen and oxygen atoms in total. The molecule has 0 N–H and O–H groups in total. The van der Waals surface area contributed by atoms with Gasteiger partial charge < -0.3 is 4.74 Å². The van der Waals surface area contributed by atoms with Crippen LogP contribution in [0.2, 0.25) is 5.28 Å². The molecule has 0 spiro atoms. The topological polar surface area (TPSA) is 35.0 Å². The van der Waals surface area contributed by atoms with Gasteiger partial charge in [0.25, 0.3) is 0 Å². The standard InChI is InChI=1S/C12H19ClN2O/c1-3-4-5-6-7-10(2)16-11-8-9-14-12(13)15-11/h8-10H,3-7H2,1-2H3. The van der Waals surface area contributed by atoms with Gasteiger partial charge in [0.15, 0.2) is 0 Å². The molecule has 1 unspecified atom stereocenters. The molecular formula is C12H19ClN2O. The van der Waals surface area contributed by atoms with E-state index in [0.29, 0.717) is 5.88 Å². The lowest BCUT2D eigenvalue weighted by Crippen LogP contribution is -2.12. The van der Waals surface area contributed by atoms with Crippen LogP contribution in [0, 0.1) is 0 Å². The lowest BCUT2D eigenvalue weighted by Gasteiger charge is -2.13. The van der Waals surface area contributed by atoms with Crippen LogP contribution in [0.15, 0.2) is 12.3 Å². The van der Waals surface area contributed by atoms with E-state index in [1.54, 1.807) is 12.3 Å². The fourth-order valence-electron chi connectivity index (χ4n) is 1.51. The molecule has 0 amide bonds. The van der Waals surface area contributed by atoms with E-state index in [9.17, 15) is 0 Å². The number of hydrogen-bond acceptors (Lipinski definition) is 3. The van der Waals surface area contributed by atoms with Crippen molar-refractivity contribution in [2.75, 3.05) is 0 Å². The highest BCUT2D eigenvalue weighted by molar-refractivity contribution is 6.28. The van der Waals surface area contributed by atoms with Crippen molar-refractivity contribution in [1.29, 1.82) is 0 Å². The normalized spacial score (nSPS) is 12.4. The van der Waals surface area contributed by atoms with Crippen LogP contribution in [-0.4, -0.2) is 16.1 Å². The molecule has 0 aliphatic carbocycles. The molecule has 1 aromatic rings. The summed E-state index contributed by atoms with van der Waals surface area (Å²) in [6, 6.07) is 1.73. The van der Waals surface area contributed by atoms with Crippen LogP contribution >= 0.6 is 11.6 Å². The molecule has 1 atom stereocenters. The number of halogens is 1. The summed E-state index contributed by atoms with van der Waals surface area (Å²) in [6.45, 7) is 4.27. The second-order valence-electron chi connectivity index (χ2n) is 3.94. The smallest absolute Gasteiger partial charge is 0.225 e. The van der Waals surface area contributed by atoms with E-state index in [1.807, 2.05) is 0 Å². The molecule has 1 rings (SSSR count). The molecule has 0 aliphatic heterocycles. The first kappa shape index (κ1) is 13.2. The van der Waals surface area contributed by atoms with Crippen molar-refractivity contribution in [1.82, 2.24) is 9.97 Å². The molecule has 4 heteroatoms. The summed E-state index contributed by atoms with van der Waals surface area (Å²) in [5, 5.41) is 0.232. The average Bonchev–Trinajstić information content (AvgIpc) is 2.24. The van der Waals surface area contributed by atoms with Gasteiger partial charge in [0.1, 0.15) is 0 Å². The molecule has 0 aromatic carbocycles. The highest BCUT2D eigenvalue weighted by Crippen LogP contribution is 2.13. The largest absolute Gasteiger partial charge is 0.475 e. The summed E-state index contributed by atoms with van der Waals surface area (Å²) in [7, 11) is 0. The Morgan fingerprint density at radius 2 is 2.19 bits per heavy atom. The fraction of sp³-hybridized carbons (Fsp3) is 0.667. The van der Waals surface area contributed by atoms with E-state index >= 15 is 0 Å². The average molecular weight is 243 g/mol. The molecule has 0 aliphatic rings. The lowest BCUT2D eigenvalue weighted by molar-refractivity contribution is 0.198. The van der Waals surface area contributed by atoms with Crippen LogP contribution in [0.4, 0.5) is 0 Å². The molecule has 16 heavy (non-hydrogen) atoms. The first-order chi connectivity index (χ1) is 7.72. The van der Waals surface area contributed by atoms with Crippen molar-refractivity contribution < 1.29 is 4.74 Å². The Kier molecular flexibility index (Phi) is 6.16. The van der Waals surface area contributed by atoms with Crippen LogP contribution in [0.25, 0.3) is 0 Å². The van der Waals surface area contributed by atoms with Gasteiger partial charge in [-0.15, -0.1) is 0 Å². The number of rotatable bonds is 7. The van der Waals surface area contributed by atoms with E-state index in [2.05, 4.69) is 23.8 Å².